The van der Waals surface area contributed by atoms with Gasteiger partial charge in [-0.15, -0.1) is 11.3 Å². The maximum absolute atomic E-state index is 13.2. The SMILES string of the molecule is CCO[C@H]1OC(C(=O)N[C@@H](C)c2ccc(F)cc2)=C[C@@H](c2cccs2)[C@H]1CCCO. The van der Waals surface area contributed by atoms with E-state index in [9.17, 15) is 14.3 Å². The maximum Gasteiger partial charge on any atom is 0.286 e. The van der Waals surface area contributed by atoms with E-state index in [4.69, 9.17) is 9.47 Å². The van der Waals surface area contributed by atoms with Gasteiger partial charge in [0.1, 0.15) is 5.82 Å². The second kappa shape index (κ2) is 10.7. The van der Waals surface area contributed by atoms with Gasteiger partial charge in [0, 0.05) is 29.9 Å². The first-order chi connectivity index (χ1) is 14.5. The maximum atomic E-state index is 13.2. The standard InChI is InChI=1S/C23H28FNO4S/c1-3-28-23-18(6-4-12-26)19(21-7-5-13-30-21)14-20(29-23)22(27)25-15(2)16-8-10-17(24)11-9-16/h5,7-11,13-15,18-19,23,26H,3-4,6,12H2,1-2H3,(H,25,27)/t15-,18+,19+,23-/m0/s1. The summed E-state index contributed by atoms with van der Waals surface area (Å²) < 4.78 is 25.0. The molecule has 0 saturated heterocycles. The Morgan fingerprint density at radius 3 is 2.73 bits per heavy atom. The predicted octanol–water partition coefficient (Wildman–Crippen LogP) is 4.51. The molecule has 4 atom stereocenters. The van der Waals surface area contributed by atoms with Crippen LogP contribution in [0.3, 0.4) is 0 Å². The molecule has 1 aromatic heterocycles. The number of thiophene rings is 1. The average Bonchev–Trinajstić information content (AvgIpc) is 3.27. The van der Waals surface area contributed by atoms with Crippen LogP contribution in [0.5, 0.6) is 0 Å². The van der Waals surface area contributed by atoms with Crippen molar-refractivity contribution in [2.45, 2.75) is 44.9 Å². The van der Waals surface area contributed by atoms with Crippen molar-refractivity contribution in [1.82, 2.24) is 5.32 Å². The fourth-order valence-electron chi connectivity index (χ4n) is 3.68. The van der Waals surface area contributed by atoms with E-state index in [-0.39, 0.29) is 42.0 Å². The van der Waals surface area contributed by atoms with Crippen LogP contribution in [0.15, 0.2) is 53.6 Å². The number of aliphatic hydroxyl groups excluding tert-OH is 1. The summed E-state index contributed by atoms with van der Waals surface area (Å²) in [5.74, 6) is -0.465. The molecule has 0 radical (unpaired) electrons. The number of ether oxygens (including phenoxy) is 2. The Morgan fingerprint density at radius 1 is 1.33 bits per heavy atom. The molecule has 1 aliphatic heterocycles. The highest BCUT2D eigenvalue weighted by Gasteiger charge is 2.38. The van der Waals surface area contributed by atoms with E-state index in [1.54, 1.807) is 23.5 Å². The first kappa shape index (κ1) is 22.5. The third-order valence-electron chi connectivity index (χ3n) is 5.22. The van der Waals surface area contributed by atoms with Gasteiger partial charge in [0.25, 0.3) is 5.91 Å². The number of hydrogen-bond acceptors (Lipinski definition) is 5. The molecule has 0 spiro atoms. The number of carbonyl (C=O) groups is 1. The lowest BCUT2D eigenvalue weighted by Crippen LogP contribution is -2.39. The normalized spacial score (nSPS) is 22.1. The average molecular weight is 434 g/mol. The second-order valence-electron chi connectivity index (χ2n) is 7.29. The second-order valence-corrected chi connectivity index (χ2v) is 8.27. The molecule has 0 unspecified atom stereocenters. The van der Waals surface area contributed by atoms with Gasteiger partial charge in [0.15, 0.2) is 5.76 Å². The Kier molecular flexibility index (Phi) is 8.01. The summed E-state index contributed by atoms with van der Waals surface area (Å²) in [5.41, 5.74) is 0.804. The quantitative estimate of drug-likeness (QED) is 0.610. The molecule has 0 fully saturated rings. The predicted molar refractivity (Wildman–Crippen MR) is 114 cm³/mol. The third-order valence-corrected chi connectivity index (χ3v) is 6.20. The fraction of sp³-hybridized carbons (Fsp3) is 0.435. The molecular weight excluding hydrogens is 405 g/mol. The molecule has 5 nitrogen and oxygen atoms in total. The molecule has 0 aliphatic carbocycles. The summed E-state index contributed by atoms with van der Waals surface area (Å²) in [7, 11) is 0. The van der Waals surface area contributed by atoms with Crippen LogP contribution in [0.1, 0.15) is 49.1 Å². The van der Waals surface area contributed by atoms with Crippen molar-refractivity contribution in [3.63, 3.8) is 0 Å². The Bertz CT molecular complexity index is 837. The van der Waals surface area contributed by atoms with Crippen LogP contribution in [0.25, 0.3) is 0 Å². The van der Waals surface area contributed by atoms with E-state index in [1.807, 2.05) is 37.4 Å². The number of hydrogen-bond donors (Lipinski definition) is 2. The van der Waals surface area contributed by atoms with Crippen molar-refractivity contribution in [3.8, 4) is 0 Å². The van der Waals surface area contributed by atoms with Crippen LogP contribution in [0, 0.1) is 11.7 Å². The number of benzene rings is 1. The van der Waals surface area contributed by atoms with E-state index in [1.165, 1.54) is 12.1 Å². The van der Waals surface area contributed by atoms with E-state index < -0.39 is 6.29 Å². The van der Waals surface area contributed by atoms with Gasteiger partial charge in [-0.1, -0.05) is 18.2 Å². The first-order valence-corrected chi connectivity index (χ1v) is 11.1. The van der Waals surface area contributed by atoms with Gasteiger partial charge < -0.3 is 19.9 Å². The van der Waals surface area contributed by atoms with Crippen molar-refractivity contribution in [2.24, 2.45) is 5.92 Å². The third kappa shape index (κ3) is 5.47. The van der Waals surface area contributed by atoms with Crippen LogP contribution in [-0.2, 0) is 14.3 Å². The van der Waals surface area contributed by atoms with Gasteiger partial charge in [0.2, 0.25) is 6.29 Å². The number of rotatable bonds is 9. The van der Waals surface area contributed by atoms with Crippen LogP contribution >= 0.6 is 11.3 Å². The van der Waals surface area contributed by atoms with Crippen LogP contribution in [0.2, 0.25) is 0 Å². The molecule has 3 rings (SSSR count). The molecule has 1 aromatic carbocycles. The zero-order valence-electron chi connectivity index (χ0n) is 17.2. The Hall–Kier alpha value is -2.22. The number of aliphatic hydroxyl groups is 1. The lowest BCUT2D eigenvalue weighted by atomic mass is 9.84. The summed E-state index contributed by atoms with van der Waals surface area (Å²) in [4.78, 5) is 14.1. The van der Waals surface area contributed by atoms with Crippen molar-refractivity contribution in [3.05, 3.63) is 69.9 Å². The van der Waals surface area contributed by atoms with Crippen molar-refractivity contribution in [2.75, 3.05) is 13.2 Å². The number of halogens is 1. The number of carbonyl (C=O) groups excluding carboxylic acids is 1. The van der Waals surface area contributed by atoms with Crippen LogP contribution in [-0.4, -0.2) is 30.5 Å². The van der Waals surface area contributed by atoms with Crippen molar-refractivity contribution >= 4 is 17.2 Å². The molecule has 30 heavy (non-hydrogen) atoms. The highest BCUT2D eigenvalue weighted by atomic mass is 32.1. The first-order valence-electron chi connectivity index (χ1n) is 10.2. The lowest BCUT2D eigenvalue weighted by molar-refractivity contribution is -0.166. The Labute approximate surface area is 180 Å². The molecule has 162 valence electrons. The van der Waals surface area contributed by atoms with E-state index in [0.29, 0.717) is 13.0 Å². The molecule has 1 aliphatic rings. The van der Waals surface area contributed by atoms with Crippen LogP contribution in [0.4, 0.5) is 4.39 Å². The van der Waals surface area contributed by atoms with Gasteiger partial charge in [-0.3, -0.25) is 4.79 Å². The van der Waals surface area contributed by atoms with E-state index in [0.717, 1.165) is 16.9 Å². The van der Waals surface area contributed by atoms with Gasteiger partial charge in [-0.25, -0.2) is 4.39 Å². The minimum absolute atomic E-state index is 0.00169. The summed E-state index contributed by atoms with van der Waals surface area (Å²) in [6, 6.07) is 9.77. The topological polar surface area (TPSA) is 67.8 Å². The minimum Gasteiger partial charge on any atom is -0.459 e. The smallest absolute Gasteiger partial charge is 0.286 e. The van der Waals surface area contributed by atoms with Gasteiger partial charge in [0.05, 0.1) is 6.04 Å². The van der Waals surface area contributed by atoms with Crippen LogP contribution < -0.4 is 5.32 Å². The zero-order chi connectivity index (χ0) is 21.5. The lowest BCUT2D eigenvalue weighted by Gasteiger charge is -2.36. The fourth-order valence-corrected chi connectivity index (χ4v) is 4.55. The van der Waals surface area contributed by atoms with Gasteiger partial charge in [-0.2, -0.15) is 0 Å². The highest BCUT2D eigenvalue weighted by Crippen LogP contribution is 2.41. The number of amides is 1. The molecule has 0 saturated carbocycles. The van der Waals surface area contributed by atoms with Crippen molar-refractivity contribution < 1.29 is 23.8 Å². The monoisotopic (exact) mass is 433 g/mol. The highest BCUT2D eigenvalue weighted by molar-refractivity contribution is 7.10. The molecule has 1 amide bonds. The minimum atomic E-state index is -0.569. The number of nitrogens with one attached hydrogen (secondary N) is 1. The summed E-state index contributed by atoms with van der Waals surface area (Å²) in [5, 5.41) is 14.2. The van der Waals surface area contributed by atoms with E-state index >= 15 is 0 Å². The Balaban J connectivity index is 1.82. The van der Waals surface area contributed by atoms with E-state index in [2.05, 4.69) is 5.32 Å². The summed E-state index contributed by atoms with van der Waals surface area (Å²) in [6.07, 6.45) is 2.65. The van der Waals surface area contributed by atoms with Gasteiger partial charge >= 0.3 is 0 Å². The Morgan fingerprint density at radius 2 is 2.10 bits per heavy atom. The summed E-state index contributed by atoms with van der Waals surface area (Å²) >= 11 is 1.63. The molecular formula is C23H28FNO4S. The largest absolute Gasteiger partial charge is 0.459 e. The molecule has 7 heteroatoms. The zero-order valence-corrected chi connectivity index (χ0v) is 18.0. The van der Waals surface area contributed by atoms with Crippen molar-refractivity contribution in [1.29, 1.82) is 0 Å². The summed E-state index contributed by atoms with van der Waals surface area (Å²) in [6.45, 7) is 4.29. The molecule has 2 aromatic rings. The molecule has 2 heterocycles. The molecule has 0 bridgehead atoms. The number of allylic oxidation sites excluding steroid dienone is 1. The van der Waals surface area contributed by atoms with Gasteiger partial charge in [-0.05, 0) is 61.9 Å². The molecule has 2 N–H and O–H groups in total.